The van der Waals surface area contributed by atoms with E-state index in [9.17, 15) is 8.42 Å². The summed E-state index contributed by atoms with van der Waals surface area (Å²) in [4.78, 5) is 11.7. The molecule has 1 fully saturated rings. The zero-order valence-corrected chi connectivity index (χ0v) is 24.7. The number of hydrogen-bond donors (Lipinski definition) is 2. The Bertz CT molecular complexity index is 1460. The third kappa shape index (κ3) is 6.20. The van der Waals surface area contributed by atoms with E-state index in [1.165, 1.54) is 17.3 Å². The number of fused-ring (bicyclic) bond motifs is 1. The second kappa shape index (κ2) is 12.3. The Balaban J connectivity index is 1.40. The summed E-state index contributed by atoms with van der Waals surface area (Å²) in [6.45, 7) is 6.92. The van der Waals surface area contributed by atoms with Gasteiger partial charge in [0, 0.05) is 25.8 Å². The van der Waals surface area contributed by atoms with Gasteiger partial charge in [0.15, 0.2) is 15.7 Å². The molecule has 9 nitrogen and oxygen atoms in total. The van der Waals surface area contributed by atoms with Crippen LogP contribution in [-0.4, -0.2) is 61.4 Å². The van der Waals surface area contributed by atoms with Crippen LogP contribution >= 0.6 is 11.6 Å². The molecule has 0 amide bonds. The van der Waals surface area contributed by atoms with Gasteiger partial charge in [-0.25, -0.2) is 13.4 Å². The van der Waals surface area contributed by atoms with E-state index in [1.54, 1.807) is 45.2 Å². The minimum atomic E-state index is -3.52. The van der Waals surface area contributed by atoms with Crippen LogP contribution in [0.15, 0.2) is 47.5 Å². The lowest BCUT2D eigenvalue weighted by molar-refractivity contribution is 0.0315. The Kier molecular flexibility index (Phi) is 8.80. The van der Waals surface area contributed by atoms with Gasteiger partial charge in [-0.1, -0.05) is 23.7 Å². The molecule has 2 aliphatic heterocycles. The molecule has 0 spiro atoms. The van der Waals surface area contributed by atoms with Crippen molar-refractivity contribution >= 4 is 44.6 Å². The molecule has 2 aliphatic rings. The van der Waals surface area contributed by atoms with E-state index in [-0.39, 0.29) is 9.92 Å². The molecule has 0 aliphatic carbocycles. The van der Waals surface area contributed by atoms with Crippen molar-refractivity contribution in [2.24, 2.45) is 0 Å². The van der Waals surface area contributed by atoms with E-state index >= 15 is 0 Å². The number of sulfone groups is 1. The summed E-state index contributed by atoms with van der Waals surface area (Å²) in [7, 11) is -1.87. The standard InChI is InChI=1S/C29H36ClN5O4S/c1-19(2)40(36,37)27-9-5-4-8-24(27)32-28-23(30)17-31-29(34-28)33-25-15-20-7-6-12-35(22-10-13-39-14-11-22)18-21(20)16-26(25)38-3/h4-5,8-9,15-17,19,22H,6-7,10-14,18H2,1-3H3,(H2,31,32,33,34). The number of benzene rings is 2. The highest BCUT2D eigenvalue weighted by Gasteiger charge is 2.26. The van der Waals surface area contributed by atoms with Crippen molar-refractivity contribution in [2.45, 2.75) is 62.3 Å². The SMILES string of the molecule is COc1cc2c(cc1Nc1ncc(Cl)c(Nc3ccccc3S(=O)(=O)C(C)C)n1)CCCN(C1CCOCC1)C2. The Hall–Kier alpha value is -2.92. The van der Waals surface area contributed by atoms with E-state index < -0.39 is 15.1 Å². The van der Waals surface area contributed by atoms with E-state index in [0.29, 0.717) is 29.2 Å². The molecule has 11 heteroatoms. The van der Waals surface area contributed by atoms with Gasteiger partial charge in [-0.2, -0.15) is 4.98 Å². The molecule has 2 aromatic carbocycles. The van der Waals surface area contributed by atoms with Gasteiger partial charge in [-0.3, -0.25) is 4.90 Å². The quantitative estimate of drug-likeness (QED) is 0.342. The summed E-state index contributed by atoms with van der Waals surface area (Å²) in [5.41, 5.74) is 3.71. The highest BCUT2D eigenvalue weighted by molar-refractivity contribution is 7.92. The Morgan fingerprint density at radius 2 is 1.88 bits per heavy atom. The largest absolute Gasteiger partial charge is 0.495 e. The minimum absolute atomic E-state index is 0.191. The van der Waals surface area contributed by atoms with Crippen molar-refractivity contribution < 1.29 is 17.9 Å². The summed E-state index contributed by atoms with van der Waals surface area (Å²) in [6, 6.07) is 11.5. The number of aromatic nitrogens is 2. The fourth-order valence-corrected chi connectivity index (χ4v) is 6.62. The topological polar surface area (TPSA) is 106 Å². The van der Waals surface area contributed by atoms with Crippen molar-refractivity contribution in [3.05, 3.63) is 58.7 Å². The van der Waals surface area contributed by atoms with E-state index in [0.717, 1.165) is 57.7 Å². The monoisotopic (exact) mass is 585 g/mol. The Labute approximate surface area is 241 Å². The molecular formula is C29H36ClN5O4S. The number of para-hydroxylation sites is 1. The molecule has 2 N–H and O–H groups in total. The lowest BCUT2D eigenvalue weighted by atomic mass is 10.0. The van der Waals surface area contributed by atoms with Crippen LogP contribution in [0, 0.1) is 0 Å². The lowest BCUT2D eigenvalue weighted by Crippen LogP contribution is -2.39. The first-order valence-corrected chi connectivity index (χ1v) is 15.6. The molecule has 214 valence electrons. The minimum Gasteiger partial charge on any atom is -0.495 e. The molecule has 3 aromatic rings. The summed E-state index contributed by atoms with van der Waals surface area (Å²) < 4.78 is 37.2. The van der Waals surface area contributed by atoms with E-state index in [4.69, 9.17) is 21.1 Å². The maximum absolute atomic E-state index is 12.9. The average molecular weight is 586 g/mol. The van der Waals surface area contributed by atoms with Gasteiger partial charge in [0.25, 0.3) is 0 Å². The van der Waals surface area contributed by atoms with Gasteiger partial charge in [-0.15, -0.1) is 0 Å². The summed E-state index contributed by atoms with van der Waals surface area (Å²) in [5.74, 6) is 1.31. The number of hydrogen-bond acceptors (Lipinski definition) is 9. The average Bonchev–Trinajstić information content (AvgIpc) is 3.17. The first kappa shape index (κ1) is 28.6. The van der Waals surface area contributed by atoms with Crippen molar-refractivity contribution in [1.29, 1.82) is 0 Å². The van der Waals surface area contributed by atoms with Crippen LogP contribution in [0.5, 0.6) is 5.75 Å². The number of anilines is 4. The normalized spacial score (nSPS) is 16.8. The molecule has 0 unspecified atom stereocenters. The van der Waals surface area contributed by atoms with Crippen LogP contribution in [0.1, 0.15) is 44.2 Å². The van der Waals surface area contributed by atoms with Crippen molar-refractivity contribution in [2.75, 3.05) is 37.5 Å². The summed E-state index contributed by atoms with van der Waals surface area (Å²) >= 11 is 6.43. The number of rotatable bonds is 8. The summed E-state index contributed by atoms with van der Waals surface area (Å²) in [5, 5.41) is 6.09. The molecule has 3 heterocycles. The molecule has 40 heavy (non-hydrogen) atoms. The number of nitrogens with zero attached hydrogens (tertiary/aromatic N) is 3. The molecule has 1 aromatic heterocycles. The van der Waals surface area contributed by atoms with Crippen molar-refractivity contribution in [3.8, 4) is 5.75 Å². The van der Waals surface area contributed by atoms with Crippen LogP contribution in [0.25, 0.3) is 0 Å². The fourth-order valence-electron chi connectivity index (χ4n) is 5.28. The maximum atomic E-state index is 12.9. The van der Waals surface area contributed by atoms with Crippen LogP contribution in [0.2, 0.25) is 5.02 Å². The highest BCUT2D eigenvalue weighted by atomic mass is 35.5. The van der Waals surface area contributed by atoms with Gasteiger partial charge in [0.05, 0.1) is 34.8 Å². The Morgan fingerprint density at radius 1 is 1.10 bits per heavy atom. The molecule has 0 bridgehead atoms. The number of aryl methyl sites for hydroxylation is 1. The van der Waals surface area contributed by atoms with Crippen molar-refractivity contribution in [1.82, 2.24) is 14.9 Å². The second-order valence-electron chi connectivity index (χ2n) is 10.5. The molecule has 5 rings (SSSR count). The van der Waals surface area contributed by atoms with Crippen LogP contribution in [0.4, 0.5) is 23.1 Å². The first-order chi connectivity index (χ1) is 19.3. The van der Waals surface area contributed by atoms with E-state index in [2.05, 4.69) is 37.6 Å². The smallest absolute Gasteiger partial charge is 0.229 e. The van der Waals surface area contributed by atoms with E-state index in [1.807, 2.05) is 0 Å². The third-order valence-corrected chi connectivity index (χ3v) is 10.0. The number of nitrogens with one attached hydrogen (secondary N) is 2. The summed E-state index contributed by atoms with van der Waals surface area (Å²) in [6.07, 6.45) is 5.69. The van der Waals surface area contributed by atoms with Gasteiger partial charge in [0.1, 0.15) is 10.8 Å². The molecular weight excluding hydrogens is 550 g/mol. The second-order valence-corrected chi connectivity index (χ2v) is 13.3. The predicted molar refractivity (Wildman–Crippen MR) is 158 cm³/mol. The van der Waals surface area contributed by atoms with Crippen LogP contribution in [0.3, 0.4) is 0 Å². The zero-order valence-electron chi connectivity index (χ0n) is 23.1. The van der Waals surface area contributed by atoms with Gasteiger partial charge >= 0.3 is 0 Å². The predicted octanol–water partition coefficient (Wildman–Crippen LogP) is 5.74. The van der Waals surface area contributed by atoms with Gasteiger partial charge < -0.3 is 20.1 Å². The number of methoxy groups -OCH3 is 1. The fraction of sp³-hybridized carbons (Fsp3) is 0.448. The molecule has 0 radical (unpaired) electrons. The van der Waals surface area contributed by atoms with Gasteiger partial charge in [-0.05, 0) is 81.5 Å². The van der Waals surface area contributed by atoms with Crippen molar-refractivity contribution in [3.63, 3.8) is 0 Å². The first-order valence-electron chi connectivity index (χ1n) is 13.7. The molecule has 1 saturated heterocycles. The van der Waals surface area contributed by atoms with Crippen LogP contribution in [-0.2, 0) is 27.5 Å². The number of halogens is 1. The van der Waals surface area contributed by atoms with Gasteiger partial charge in [0.2, 0.25) is 5.95 Å². The lowest BCUT2D eigenvalue weighted by Gasteiger charge is -2.33. The number of ether oxygens (including phenoxy) is 2. The zero-order chi connectivity index (χ0) is 28.3. The highest BCUT2D eigenvalue weighted by Crippen LogP contribution is 2.35. The molecule has 0 saturated carbocycles. The molecule has 0 atom stereocenters. The Morgan fingerprint density at radius 3 is 2.62 bits per heavy atom. The maximum Gasteiger partial charge on any atom is 0.229 e. The van der Waals surface area contributed by atoms with Crippen LogP contribution < -0.4 is 15.4 Å². The third-order valence-electron chi connectivity index (χ3n) is 7.55.